The van der Waals surface area contributed by atoms with E-state index in [0.717, 1.165) is 44.4 Å². The molecule has 0 radical (unpaired) electrons. The monoisotopic (exact) mass is 500 g/mol. The Kier molecular flexibility index (Phi) is 7.40. The van der Waals surface area contributed by atoms with Crippen molar-refractivity contribution in [3.05, 3.63) is 35.5 Å². The van der Waals surface area contributed by atoms with Gasteiger partial charge in [-0.15, -0.1) is 35.3 Å². The lowest BCUT2D eigenvalue weighted by atomic mass is 10.3. The molecule has 2 aliphatic rings. The van der Waals surface area contributed by atoms with Crippen LogP contribution in [-0.2, 0) is 6.54 Å². The van der Waals surface area contributed by atoms with Crippen LogP contribution in [0.25, 0.3) is 0 Å². The van der Waals surface area contributed by atoms with Gasteiger partial charge < -0.3 is 15.1 Å². The molecule has 0 bridgehead atoms. The first-order valence-electron chi connectivity index (χ1n) is 9.61. The summed E-state index contributed by atoms with van der Waals surface area (Å²) in [6.45, 7) is 4.80. The third-order valence-corrected chi connectivity index (χ3v) is 6.33. The van der Waals surface area contributed by atoms with Gasteiger partial charge in [-0.25, -0.2) is 0 Å². The molecule has 1 saturated carbocycles. The summed E-state index contributed by atoms with van der Waals surface area (Å²) in [5, 5.41) is 11.8. The molecule has 2 aromatic heterocycles. The summed E-state index contributed by atoms with van der Waals surface area (Å²) < 4.78 is 2.16. The van der Waals surface area contributed by atoms with Gasteiger partial charge in [0.05, 0.1) is 23.3 Å². The molecule has 6 nitrogen and oxygen atoms in total. The maximum absolute atomic E-state index is 4.76. The van der Waals surface area contributed by atoms with E-state index in [-0.39, 0.29) is 24.0 Å². The van der Waals surface area contributed by atoms with Gasteiger partial charge in [-0.05, 0) is 36.4 Å². The summed E-state index contributed by atoms with van der Waals surface area (Å²) in [4.78, 5) is 9.28. The van der Waals surface area contributed by atoms with Crippen molar-refractivity contribution < 1.29 is 0 Å². The second-order valence-electron chi connectivity index (χ2n) is 7.05. The molecule has 3 heterocycles. The molecule has 4 rings (SSSR count). The first-order chi connectivity index (χ1) is 12.8. The Morgan fingerprint density at radius 1 is 1.22 bits per heavy atom. The Labute approximate surface area is 182 Å². The summed E-state index contributed by atoms with van der Waals surface area (Å²) in [5.41, 5.74) is 1.09. The molecule has 148 valence electrons. The smallest absolute Gasteiger partial charge is 0.194 e. The van der Waals surface area contributed by atoms with Crippen molar-refractivity contribution in [2.24, 2.45) is 4.99 Å². The predicted molar refractivity (Wildman–Crippen MR) is 123 cm³/mol. The predicted octanol–water partition coefficient (Wildman–Crippen LogP) is 3.58. The van der Waals surface area contributed by atoms with Crippen LogP contribution in [0.5, 0.6) is 0 Å². The fourth-order valence-corrected chi connectivity index (χ4v) is 4.72. The number of nitrogens with one attached hydrogen (secondary N) is 1. The Hall–Kier alpha value is -1.29. The van der Waals surface area contributed by atoms with Crippen molar-refractivity contribution in [2.45, 2.75) is 38.3 Å². The van der Waals surface area contributed by atoms with Crippen molar-refractivity contribution in [3.8, 4) is 0 Å². The lowest BCUT2D eigenvalue weighted by molar-refractivity contribution is 0.373. The highest BCUT2D eigenvalue weighted by molar-refractivity contribution is 14.0. The number of guanidine groups is 1. The second-order valence-corrected chi connectivity index (χ2v) is 7.98. The zero-order valence-electron chi connectivity index (χ0n) is 15.9. The molecule has 0 unspecified atom stereocenters. The highest BCUT2D eigenvalue weighted by Gasteiger charge is 2.21. The summed E-state index contributed by atoms with van der Waals surface area (Å²) in [6, 6.07) is 7.06. The first kappa shape index (κ1) is 20.4. The number of anilines is 1. The number of hydrogen-bond acceptors (Lipinski definition) is 4. The zero-order chi connectivity index (χ0) is 17.8. The number of halogens is 1. The van der Waals surface area contributed by atoms with Gasteiger partial charge in [0.2, 0.25) is 0 Å². The molecule has 0 atom stereocenters. The van der Waals surface area contributed by atoms with Gasteiger partial charge in [0.1, 0.15) is 0 Å². The molecule has 1 aliphatic carbocycles. The topological polar surface area (TPSA) is 48.7 Å². The molecule has 8 heteroatoms. The van der Waals surface area contributed by atoms with E-state index >= 15 is 0 Å². The number of rotatable bonds is 4. The van der Waals surface area contributed by atoms with Crippen LogP contribution in [0, 0.1) is 0 Å². The maximum atomic E-state index is 4.76. The summed E-state index contributed by atoms with van der Waals surface area (Å²) in [7, 11) is 1.87. The van der Waals surface area contributed by atoms with Crippen LogP contribution in [0.1, 0.15) is 37.4 Å². The number of thiophene rings is 1. The van der Waals surface area contributed by atoms with Gasteiger partial charge in [0, 0.05) is 39.4 Å². The Bertz CT molecular complexity index is 714. The van der Waals surface area contributed by atoms with Crippen LogP contribution in [-0.4, -0.2) is 53.9 Å². The molecule has 1 N–H and O–H groups in total. The van der Waals surface area contributed by atoms with Crippen molar-refractivity contribution in [1.82, 2.24) is 20.0 Å². The van der Waals surface area contributed by atoms with Gasteiger partial charge in [-0.3, -0.25) is 9.67 Å². The largest absolute Gasteiger partial charge is 0.360 e. The third-order valence-electron chi connectivity index (χ3n) is 5.40. The molecule has 27 heavy (non-hydrogen) atoms. The molecule has 1 aliphatic heterocycles. The molecule has 0 amide bonds. The Morgan fingerprint density at radius 3 is 2.67 bits per heavy atom. The zero-order valence-corrected chi connectivity index (χ0v) is 19.0. The summed E-state index contributed by atoms with van der Waals surface area (Å²) >= 11 is 1.82. The maximum Gasteiger partial charge on any atom is 0.194 e. The summed E-state index contributed by atoms with van der Waals surface area (Å²) in [6.07, 6.45) is 7.34. The minimum absolute atomic E-state index is 0. The third kappa shape index (κ3) is 4.96. The van der Waals surface area contributed by atoms with E-state index in [0.29, 0.717) is 6.04 Å². The number of aromatic nitrogens is 2. The minimum atomic E-state index is 0. The molecule has 0 spiro atoms. The molecule has 1 saturated heterocycles. The van der Waals surface area contributed by atoms with E-state index in [9.17, 15) is 0 Å². The first-order valence-corrected chi connectivity index (χ1v) is 10.5. The van der Waals surface area contributed by atoms with Crippen LogP contribution in [0.4, 0.5) is 5.00 Å². The quantitative estimate of drug-likeness (QED) is 0.396. The highest BCUT2D eigenvalue weighted by atomic mass is 127. The lowest BCUT2D eigenvalue weighted by Gasteiger charge is -2.36. The normalized spacial score (nSPS) is 18.6. The highest BCUT2D eigenvalue weighted by Crippen LogP contribution is 2.28. The average molecular weight is 500 g/mol. The van der Waals surface area contributed by atoms with Gasteiger partial charge in [0.25, 0.3) is 0 Å². The molecule has 2 aromatic rings. The van der Waals surface area contributed by atoms with E-state index in [2.05, 4.69) is 54.6 Å². The molecular weight excluding hydrogens is 471 g/mol. The van der Waals surface area contributed by atoms with Crippen molar-refractivity contribution in [2.75, 3.05) is 38.1 Å². The lowest BCUT2D eigenvalue weighted by Crippen LogP contribution is -2.52. The van der Waals surface area contributed by atoms with Crippen molar-refractivity contribution in [3.63, 3.8) is 0 Å². The van der Waals surface area contributed by atoms with Crippen LogP contribution >= 0.6 is 35.3 Å². The number of hydrogen-bond donors (Lipinski definition) is 1. The van der Waals surface area contributed by atoms with E-state index < -0.39 is 0 Å². The van der Waals surface area contributed by atoms with Crippen LogP contribution in [0.3, 0.4) is 0 Å². The van der Waals surface area contributed by atoms with Gasteiger partial charge in [0.15, 0.2) is 5.96 Å². The van der Waals surface area contributed by atoms with Crippen molar-refractivity contribution in [1.29, 1.82) is 0 Å². The SMILES string of the molecule is CN=C(NCc1ccn(C2CCCC2)n1)N1CCN(c2cccs2)CC1.I. The number of nitrogens with zero attached hydrogens (tertiary/aromatic N) is 5. The van der Waals surface area contributed by atoms with Gasteiger partial charge in [-0.1, -0.05) is 12.8 Å². The average Bonchev–Trinajstić information content (AvgIpc) is 3.43. The van der Waals surface area contributed by atoms with E-state index in [1.54, 1.807) is 0 Å². The number of aliphatic imine (C=N–C) groups is 1. The van der Waals surface area contributed by atoms with Crippen molar-refractivity contribution >= 4 is 46.3 Å². The Balaban J connectivity index is 0.00000210. The molecular formula is C19H29IN6S. The van der Waals surface area contributed by atoms with E-state index in [1.165, 1.54) is 30.7 Å². The fraction of sp³-hybridized carbons (Fsp3) is 0.579. The fourth-order valence-electron chi connectivity index (χ4n) is 3.93. The van der Waals surface area contributed by atoms with Crippen LogP contribution < -0.4 is 10.2 Å². The second kappa shape index (κ2) is 9.77. The van der Waals surface area contributed by atoms with E-state index in [1.807, 2.05) is 18.4 Å². The van der Waals surface area contributed by atoms with E-state index in [4.69, 9.17) is 5.10 Å². The van der Waals surface area contributed by atoms with Crippen LogP contribution in [0.2, 0.25) is 0 Å². The number of piperazine rings is 1. The van der Waals surface area contributed by atoms with Gasteiger partial charge >= 0.3 is 0 Å². The van der Waals surface area contributed by atoms with Gasteiger partial charge in [-0.2, -0.15) is 5.10 Å². The summed E-state index contributed by atoms with van der Waals surface area (Å²) in [5.74, 6) is 0.978. The molecule has 0 aromatic carbocycles. The minimum Gasteiger partial charge on any atom is -0.360 e. The standard InChI is InChI=1S/C19H28N6S.HI/c1-20-19(24-12-10-23(11-13-24)18-7-4-14-26-18)21-15-16-8-9-25(22-16)17-5-2-3-6-17;/h4,7-9,14,17H,2-3,5-6,10-13,15H2,1H3,(H,20,21);1H. The van der Waals surface area contributed by atoms with Crippen LogP contribution in [0.15, 0.2) is 34.8 Å². The molecule has 2 fully saturated rings. The Morgan fingerprint density at radius 2 is 2.00 bits per heavy atom.